The zero-order valence-corrected chi connectivity index (χ0v) is 16.3. The van der Waals surface area contributed by atoms with E-state index in [1.165, 1.54) is 7.05 Å². The maximum atomic E-state index is 11.2. The van der Waals surface area contributed by atoms with Gasteiger partial charge in [0.05, 0.1) is 29.1 Å². The van der Waals surface area contributed by atoms with Crippen LogP contribution < -0.4 is 10.1 Å². The van der Waals surface area contributed by atoms with Gasteiger partial charge in [-0.1, -0.05) is 0 Å². The van der Waals surface area contributed by atoms with E-state index >= 15 is 0 Å². The molecule has 2 aliphatic carbocycles. The van der Waals surface area contributed by atoms with Gasteiger partial charge in [0, 0.05) is 7.05 Å². The second-order valence-corrected chi connectivity index (χ2v) is 7.30. The van der Waals surface area contributed by atoms with Crippen LogP contribution in [-0.2, 0) is 9.53 Å². The largest absolute Gasteiger partial charge is 0.489 e. The van der Waals surface area contributed by atoms with Crippen molar-refractivity contribution in [2.75, 3.05) is 13.7 Å². The Bertz CT molecular complexity index is 823. The average Bonchev–Trinajstić information content (AvgIpc) is 3.19. The van der Waals surface area contributed by atoms with Gasteiger partial charge in [-0.3, -0.25) is 9.79 Å². The van der Waals surface area contributed by atoms with Crippen LogP contribution in [0.2, 0.25) is 0 Å². The molecule has 150 valence electrons. The highest BCUT2D eigenvalue weighted by Gasteiger charge is 2.60. The summed E-state index contributed by atoms with van der Waals surface area (Å²) in [7, 11) is 1.49. The molecule has 3 rings (SSSR count). The van der Waals surface area contributed by atoms with Gasteiger partial charge in [-0.05, 0) is 62.9 Å². The molecule has 1 heterocycles. The number of alkyl carbamates (subject to hydrolysis) is 1. The molecule has 2 aliphatic rings. The van der Waals surface area contributed by atoms with Crippen molar-refractivity contribution in [3.05, 3.63) is 29.1 Å². The third kappa shape index (κ3) is 4.00. The first-order chi connectivity index (χ1) is 13.3. The summed E-state index contributed by atoms with van der Waals surface area (Å²) in [5.41, 5.74) is 2.63. The molecule has 1 amide bonds. The molecule has 0 radical (unpaired) electrons. The van der Waals surface area contributed by atoms with E-state index in [9.17, 15) is 9.59 Å². The quantitative estimate of drug-likeness (QED) is 0.696. The number of carboxylic acid groups (broad SMARTS) is 1. The third-order valence-electron chi connectivity index (χ3n) is 5.45. The van der Waals surface area contributed by atoms with Crippen molar-refractivity contribution in [3.8, 4) is 5.75 Å². The van der Waals surface area contributed by atoms with Crippen LogP contribution in [0.3, 0.4) is 0 Å². The average molecular weight is 387 g/mol. The van der Waals surface area contributed by atoms with Crippen molar-refractivity contribution in [2.24, 2.45) is 22.7 Å². The molecular formula is C20H25N3O5. The van der Waals surface area contributed by atoms with E-state index < -0.39 is 12.1 Å². The topological polar surface area (TPSA) is 110 Å². The molecule has 2 fully saturated rings. The van der Waals surface area contributed by atoms with E-state index in [0.29, 0.717) is 22.8 Å². The number of pyridine rings is 1. The molecule has 2 N–H and O–H groups in total. The SMILES string of the molecule is C=N/C(=C(\C)COC(=O)NC)c1ccc(OC2CC3C(C2)C3C(=O)O)c(C)n1. The van der Waals surface area contributed by atoms with E-state index in [4.69, 9.17) is 14.6 Å². The molecule has 1 aromatic heterocycles. The van der Waals surface area contributed by atoms with Crippen molar-refractivity contribution in [2.45, 2.75) is 32.8 Å². The predicted molar refractivity (Wildman–Crippen MR) is 103 cm³/mol. The van der Waals surface area contributed by atoms with Crippen LogP contribution in [0.1, 0.15) is 31.2 Å². The first-order valence-electron chi connectivity index (χ1n) is 9.24. The van der Waals surface area contributed by atoms with E-state index in [0.717, 1.165) is 18.4 Å². The van der Waals surface area contributed by atoms with Crippen LogP contribution in [0, 0.1) is 24.7 Å². The number of aryl methyl sites for hydroxylation is 1. The van der Waals surface area contributed by atoms with E-state index in [-0.39, 0.29) is 30.5 Å². The zero-order valence-electron chi connectivity index (χ0n) is 16.3. The van der Waals surface area contributed by atoms with Crippen LogP contribution >= 0.6 is 0 Å². The lowest BCUT2D eigenvalue weighted by atomic mass is 10.1. The summed E-state index contributed by atoms with van der Waals surface area (Å²) >= 11 is 0. The highest BCUT2D eigenvalue weighted by atomic mass is 16.5. The van der Waals surface area contributed by atoms with Crippen molar-refractivity contribution >= 4 is 24.5 Å². The Morgan fingerprint density at radius 2 is 2.04 bits per heavy atom. The third-order valence-corrected chi connectivity index (χ3v) is 5.45. The summed E-state index contributed by atoms with van der Waals surface area (Å²) < 4.78 is 11.1. The predicted octanol–water partition coefficient (Wildman–Crippen LogP) is 2.67. The van der Waals surface area contributed by atoms with Crippen molar-refractivity contribution in [1.82, 2.24) is 10.3 Å². The number of amides is 1. The number of aliphatic imine (C=N–C) groups is 1. The molecule has 0 bridgehead atoms. The minimum atomic E-state index is -0.692. The summed E-state index contributed by atoms with van der Waals surface area (Å²) in [6.45, 7) is 7.33. The van der Waals surface area contributed by atoms with E-state index in [1.807, 2.05) is 13.0 Å². The summed E-state index contributed by atoms with van der Waals surface area (Å²) in [6, 6.07) is 3.64. The highest BCUT2D eigenvalue weighted by Crippen LogP contribution is 2.58. The van der Waals surface area contributed by atoms with Gasteiger partial charge in [-0.2, -0.15) is 0 Å². The van der Waals surface area contributed by atoms with Crippen LogP contribution in [0.15, 0.2) is 22.7 Å². The summed E-state index contributed by atoms with van der Waals surface area (Å²) in [6.07, 6.45) is 1.07. The Hall–Kier alpha value is -2.90. The molecule has 28 heavy (non-hydrogen) atoms. The molecule has 0 aromatic carbocycles. The van der Waals surface area contributed by atoms with Gasteiger partial charge in [0.15, 0.2) is 0 Å². The van der Waals surface area contributed by atoms with Crippen molar-refractivity contribution in [1.29, 1.82) is 0 Å². The first-order valence-corrected chi connectivity index (χ1v) is 9.24. The molecule has 2 saturated carbocycles. The van der Waals surface area contributed by atoms with Crippen LogP contribution in [0.5, 0.6) is 5.75 Å². The molecule has 8 nitrogen and oxygen atoms in total. The molecule has 2 atom stereocenters. The molecule has 2 unspecified atom stereocenters. The van der Waals surface area contributed by atoms with Crippen LogP contribution in [-0.4, -0.2) is 48.6 Å². The fourth-order valence-electron chi connectivity index (χ4n) is 3.99. The van der Waals surface area contributed by atoms with E-state index in [2.05, 4.69) is 22.0 Å². The summed E-state index contributed by atoms with van der Waals surface area (Å²) in [5, 5.41) is 11.5. The Labute approximate surface area is 163 Å². The lowest BCUT2D eigenvalue weighted by Crippen LogP contribution is -2.20. The summed E-state index contributed by atoms with van der Waals surface area (Å²) in [4.78, 5) is 30.9. The zero-order chi connectivity index (χ0) is 20.4. The number of carboxylic acids is 1. The van der Waals surface area contributed by atoms with Crippen LogP contribution in [0.25, 0.3) is 5.70 Å². The van der Waals surface area contributed by atoms with Gasteiger partial charge in [0.25, 0.3) is 0 Å². The minimum absolute atomic E-state index is 0.0344. The number of fused-ring (bicyclic) bond motifs is 1. The standard InChI is InChI=1S/C20H25N3O5/c1-10(9-27-20(26)22-4)18(21-3)15-5-6-16(11(2)23-15)28-12-7-13-14(8-12)17(13)19(24)25/h5-6,12-14,17H,3,7-9H2,1-2,4H3,(H,22,26)(H,24,25)/b18-10+. The Morgan fingerprint density at radius 3 is 2.57 bits per heavy atom. The Morgan fingerprint density at radius 1 is 1.36 bits per heavy atom. The molecule has 0 aliphatic heterocycles. The fourth-order valence-corrected chi connectivity index (χ4v) is 3.99. The number of carbonyl (C=O) groups excluding carboxylic acids is 1. The number of ether oxygens (including phenoxy) is 2. The second-order valence-electron chi connectivity index (χ2n) is 7.30. The molecular weight excluding hydrogens is 362 g/mol. The number of rotatable bonds is 7. The van der Waals surface area contributed by atoms with Crippen molar-refractivity contribution in [3.63, 3.8) is 0 Å². The Kier molecular flexibility index (Phi) is 5.67. The van der Waals surface area contributed by atoms with Gasteiger partial charge < -0.3 is 19.9 Å². The van der Waals surface area contributed by atoms with E-state index in [1.54, 1.807) is 13.0 Å². The maximum Gasteiger partial charge on any atom is 0.407 e. The Balaban J connectivity index is 1.66. The summed E-state index contributed by atoms with van der Waals surface area (Å²) in [5.74, 6) is 0.301. The maximum absolute atomic E-state index is 11.2. The molecule has 1 aromatic rings. The van der Waals surface area contributed by atoms with Gasteiger partial charge in [-0.25, -0.2) is 9.78 Å². The molecule has 0 spiro atoms. The monoisotopic (exact) mass is 387 g/mol. The molecule has 0 saturated heterocycles. The lowest BCUT2D eigenvalue weighted by Gasteiger charge is -2.18. The number of carbonyl (C=O) groups is 2. The number of hydrogen-bond acceptors (Lipinski definition) is 6. The van der Waals surface area contributed by atoms with Crippen molar-refractivity contribution < 1.29 is 24.2 Å². The number of nitrogens with zero attached hydrogens (tertiary/aromatic N) is 2. The van der Waals surface area contributed by atoms with Gasteiger partial charge in [-0.15, -0.1) is 0 Å². The minimum Gasteiger partial charge on any atom is -0.489 e. The molecule has 8 heteroatoms. The number of aromatic nitrogens is 1. The normalized spacial score (nSPS) is 26.0. The highest BCUT2D eigenvalue weighted by molar-refractivity contribution is 5.74. The smallest absolute Gasteiger partial charge is 0.407 e. The van der Waals surface area contributed by atoms with Gasteiger partial charge >= 0.3 is 12.1 Å². The van der Waals surface area contributed by atoms with Crippen LogP contribution in [0.4, 0.5) is 4.79 Å². The van der Waals surface area contributed by atoms with Gasteiger partial charge in [0.1, 0.15) is 12.4 Å². The van der Waals surface area contributed by atoms with Gasteiger partial charge in [0.2, 0.25) is 0 Å². The second kappa shape index (κ2) is 8.00. The number of nitrogens with one attached hydrogen (secondary N) is 1. The first kappa shape index (κ1) is 19.9. The number of hydrogen-bond donors (Lipinski definition) is 2. The number of aliphatic carboxylic acids is 1. The lowest BCUT2D eigenvalue weighted by molar-refractivity contribution is -0.139. The fraction of sp³-hybridized carbons (Fsp3) is 0.500.